The Bertz CT molecular complexity index is 554. The first-order valence-corrected chi connectivity index (χ1v) is 7.22. The first-order valence-electron chi connectivity index (χ1n) is 6.47. The minimum Gasteiger partial charge on any atom is -0.492 e. The molecule has 0 aliphatic carbocycles. The van der Waals surface area contributed by atoms with E-state index >= 15 is 0 Å². The zero-order valence-electron chi connectivity index (χ0n) is 11.2. The van der Waals surface area contributed by atoms with Crippen LogP contribution in [0.5, 0.6) is 5.75 Å². The second-order valence-electron chi connectivity index (χ2n) is 4.47. The number of halogens is 2. The maximum atomic E-state index is 6.15. The highest BCUT2D eigenvalue weighted by atomic mass is 35.5. The van der Waals surface area contributed by atoms with Gasteiger partial charge >= 0.3 is 0 Å². The number of ether oxygens (including phenoxy) is 1. The summed E-state index contributed by atoms with van der Waals surface area (Å²) in [6, 6.07) is 6.83. The van der Waals surface area contributed by atoms with Crippen LogP contribution in [0.4, 0.5) is 0 Å². The third kappa shape index (κ3) is 3.66. The fourth-order valence-electron chi connectivity index (χ4n) is 1.93. The Morgan fingerprint density at radius 1 is 1.30 bits per heavy atom. The molecule has 0 saturated carbocycles. The molecule has 0 aliphatic heterocycles. The summed E-state index contributed by atoms with van der Waals surface area (Å²) >= 11 is 12.0. The van der Waals surface area contributed by atoms with Gasteiger partial charge in [0.15, 0.2) is 0 Å². The van der Waals surface area contributed by atoms with Gasteiger partial charge in [-0.2, -0.15) is 5.10 Å². The number of nitrogens with two attached hydrogens (primary N) is 1. The van der Waals surface area contributed by atoms with E-state index in [4.69, 9.17) is 33.7 Å². The maximum Gasteiger partial charge on any atom is 0.119 e. The largest absolute Gasteiger partial charge is 0.492 e. The molecule has 6 heteroatoms. The Hall–Kier alpha value is -1.23. The molecule has 4 nitrogen and oxygen atoms in total. The van der Waals surface area contributed by atoms with Gasteiger partial charge in [0, 0.05) is 11.6 Å². The van der Waals surface area contributed by atoms with Gasteiger partial charge in [0.1, 0.15) is 12.4 Å². The molecule has 0 saturated heterocycles. The van der Waals surface area contributed by atoms with Crippen molar-refractivity contribution in [2.75, 3.05) is 6.61 Å². The third-order valence-corrected chi connectivity index (χ3v) is 3.41. The summed E-state index contributed by atoms with van der Waals surface area (Å²) in [6.07, 6.45) is 2.59. The second kappa shape index (κ2) is 6.97. The normalized spacial score (nSPS) is 12.4. The SMILES string of the molecule is CCCn1ncc(Cl)c1C(N)COc1ccc(Cl)cc1. The predicted molar refractivity (Wildman–Crippen MR) is 81.4 cm³/mol. The van der Waals surface area contributed by atoms with Crippen LogP contribution < -0.4 is 10.5 Å². The van der Waals surface area contributed by atoms with E-state index in [1.807, 2.05) is 4.68 Å². The van der Waals surface area contributed by atoms with Crippen molar-refractivity contribution in [1.82, 2.24) is 9.78 Å². The first kappa shape index (κ1) is 15.2. The number of nitrogens with zero attached hydrogens (tertiary/aromatic N) is 2. The van der Waals surface area contributed by atoms with Crippen molar-refractivity contribution < 1.29 is 4.74 Å². The Labute approximate surface area is 128 Å². The lowest BCUT2D eigenvalue weighted by Crippen LogP contribution is -2.23. The van der Waals surface area contributed by atoms with Gasteiger partial charge in [0.25, 0.3) is 0 Å². The van der Waals surface area contributed by atoms with Crippen LogP contribution in [-0.2, 0) is 6.54 Å². The summed E-state index contributed by atoms with van der Waals surface area (Å²) in [6.45, 7) is 3.20. The molecular formula is C14H17Cl2N3O. The minimum absolute atomic E-state index is 0.327. The molecule has 0 spiro atoms. The molecule has 2 rings (SSSR count). The third-order valence-electron chi connectivity index (χ3n) is 2.86. The minimum atomic E-state index is -0.327. The number of hydrogen-bond donors (Lipinski definition) is 1. The van der Waals surface area contributed by atoms with Crippen LogP contribution in [0.2, 0.25) is 10.0 Å². The Kier molecular flexibility index (Phi) is 5.29. The number of benzene rings is 1. The summed E-state index contributed by atoms with van der Waals surface area (Å²) in [7, 11) is 0. The summed E-state index contributed by atoms with van der Waals surface area (Å²) in [5.74, 6) is 0.725. The average molecular weight is 314 g/mol. The van der Waals surface area contributed by atoms with E-state index in [9.17, 15) is 0 Å². The lowest BCUT2D eigenvalue weighted by Gasteiger charge is -2.15. The van der Waals surface area contributed by atoms with Gasteiger partial charge in [-0.05, 0) is 30.7 Å². The molecular weight excluding hydrogens is 297 g/mol. The molecule has 1 aromatic heterocycles. The molecule has 0 radical (unpaired) electrons. The topological polar surface area (TPSA) is 53.1 Å². The van der Waals surface area contributed by atoms with Gasteiger partial charge in [-0.15, -0.1) is 0 Å². The Morgan fingerprint density at radius 3 is 2.65 bits per heavy atom. The highest BCUT2D eigenvalue weighted by Gasteiger charge is 2.17. The van der Waals surface area contributed by atoms with Gasteiger partial charge in [0.05, 0.1) is 23.0 Å². The van der Waals surface area contributed by atoms with Crippen molar-refractivity contribution >= 4 is 23.2 Å². The molecule has 2 aromatic rings. The van der Waals surface area contributed by atoms with E-state index in [2.05, 4.69) is 12.0 Å². The average Bonchev–Trinajstić information content (AvgIpc) is 2.79. The van der Waals surface area contributed by atoms with Crippen LogP contribution >= 0.6 is 23.2 Å². The standard InChI is InChI=1S/C14H17Cl2N3O/c1-2-7-19-14(12(16)8-18-19)13(17)9-20-11-5-3-10(15)4-6-11/h3-6,8,13H,2,7,9,17H2,1H3. The first-order chi connectivity index (χ1) is 9.61. The van der Waals surface area contributed by atoms with Crippen LogP contribution in [0.1, 0.15) is 25.1 Å². The molecule has 0 bridgehead atoms. The highest BCUT2D eigenvalue weighted by molar-refractivity contribution is 6.31. The van der Waals surface area contributed by atoms with E-state index < -0.39 is 0 Å². The smallest absolute Gasteiger partial charge is 0.119 e. The van der Waals surface area contributed by atoms with E-state index in [0.29, 0.717) is 16.7 Å². The lowest BCUT2D eigenvalue weighted by molar-refractivity contribution is 0.284. The molecule has 1 unspecified atom stereocenters. The van der Waals surface area contributed by atoms with Gasteiger partial charge in [-0.1, -0.05) is 30.1 Å². The van der Waals surface area contributed by atoms with Gasteiger partial charge < -0.3 is 10.5 Å². The zero-order chi connectivity index (χ0) is 14.5. The number of aromatic nitrogens is 2. The van der Waals surface area contributed by atoms with Crippen molar-refractivity contribution in [3.8, 4) is 5.75 Å². The van der Waals surface area contributed by atoms with E-state index in [1.165, 1.54) is 0 Å². The van der Waals surface area contributed by atoms with Crippen LogP contribution in [-0.4, -0.2) is 16.4 Å². The van der Waals surface area contributed by atoms with Crippen molar-refractivity contribution in [3.05, 3.63) is 46.2 Å². The molecule has 20 heavy (non-hydrogen) atoms. The molecule has 1 atom stereocenters. The monoisotopic (exact) mass is 313 g/mol. The van der Waals surface area contributed by atoms with E-state index in [0.717, 1.165) is 24.4 Å². The quantitative estimate of drug-likeness (QED) is 0.885. The highest BCUT2D eigenvalue weighted by Crippen LogP contribution is 2.23. The van der Waals surface area contributed by atoms with Crippen molar-refractivity contribution in [1.29, 1.82) is 0 Å². The molecule has 0 aliphatic rings. The molecule has 1 heterocycles. The number of hydrogen-bond acceptors (Lipinski definition) is 3. The lowest BCUT2D eigenvalue weighted by atomic mass is 10.2. The van der Waals surface area contributed by atoms with Crippen LogP contribution in [0.15, 0.2) is 30.5 Å². The van der Waals surface area contributed by atoms with Crippen molar-refractivity contribution in [3.63, 3.8) is 0 Å². The van der Waals surface area contributed by atoms with Crippen molar-refractivity contribution in [2.24, 2.45) is 5.73 Å². The van der Waals surface area contributed by atoms with Crippen LogP contribution in [0.3, 0.4) is 0 Å². The van der Waals surface area contributed by atoms with Crippen molar-refractivity contribution in [2.45, 2.75) is 25.9 Å². The Morgan fingerprint density at radius 2 is 2.00 bits per heavy atom. The van der Waals surface area contributed by atoms with Crippen LogP contribution in [0.25, 0.3) is 0 Å². The van der Waals surface area contributed by atoms with Gasteiger partial charge in [0.2, 0.25) is 0 Å². The maximum absolute atomic E-state index is 6.15. The molecule has 1 aromatic carbocycles. The molecule has 0 fully saturated rings. The predicted octanol–water partition coefficient (Wildman–Crippen LogP) is 3.68. The molecule has 2 N–H and O–H groups in total. The fourth-order valence-corrected chi connectivity index (χ4v) is 2.33. The summed E-state index contributed by atoms with van der Waals surface area (Å²) in [5, 5.41) is 5.47. The molecule has 108 valence electrons. The van der Waals surface area contributed by atoms with Gasteiger partial charge in [-0.3, -0.25) is 4.68 Å². The number of rotatable bonds is 6. The van der Waals surface area contributed by atoms with Crippen LogP contribution in [0, 0.1) is 0 Å². The van der Waals surface area contributed by atoms with E-state index in [1.54, 1.807) is 30.5 Å². The summed E-state index contributed by atoms with van der Waals surface area (Å²) in [4.78, 5) is 0. The fraction of sp³-hybridized carbons (Fsp3) is 0.357. The zero-order valence-corrected chi connectivity index (χ0v) is 12.7. The number of aryl methyl sites for hydroxylation is 1. The summed E-state index contributed by atoms with van der Waals surface area (Å²) < 4.78 is 7.48. The second-order valence-corrected chi connectivity index (χ2v) is 5.32. The summed E-state index contributed by atoms with van der Waals surface area (Å²) in [5.41, 5.74) is 6.96. The van der Waals surface area contributed by atoms with Gasteiger partial charge in [-0.25, -0.2) is 0 Å². The van der Waals surface area contributed by atoms with E-state index in [-0.39, 0.29) is 6.04 Å². The Balaban J connectivity index is 2.02. The molecule has 0 amide bonds.